The van der Waals surface area contributed by atoms with Crippen molar-refractivity contribution in [2.75, 3.05) is 18.4 Å². The van der Waals surface area contributed by atoms with E-state index >= 15 is 0 Å². The Kier molecular flexibility index (Phi) is 8.77. The van der Waals surface area contributed by atoms with Crippen LogP contribution >= 0.6 is 22.6 Å². The number of carboxylic acid groups (broad SMARTS) is 1. The predicted octanol–water partition coefficient (Wildman–Crippen LogP) is 2.99. The third-order valence-electron chi connectivity index (χ3n) is 6.02. The summed E-state index contributed by atoms with van der Waals surface area (Å²) >= 11 is 2.04. The maximum Gasteiger partial charge on any atom is 0.323 e. The van der Waals surface area contributed by atoms with E-state index < -0.39 is 34.5 Å². The minimum Gasteiger partial charge on any atom is -0.480 e. The van der Waals surface area contributed by atoms with Gasteiger partial charge in [-0.05, 0) is 102 Å². The highest BCUT2D eigenvalue weighted by atomic mass is 127. The predicted molar refractivity (Wildman–Crippen MR) is 148 cm³/mol. The second kappa shape index (κ2) is 12.0. The van der Waals surface area contributed by atoms with Gasteiger partial charge in [0.05, 0.1) is 4.90 Å². The van der Waals surface area contributed by atoms with Crippen LogP contribution in [0, 0.1) is 3.57 Å². The topological polar surface area (TPSA) is 137 Å². The van der Waals surface area contributed by atoms with Crippen molar-refractivity contribution in [1.82, 2.24) is 15.0 Å². The third kappa shape index (κ3) is 7.27. The van der Waals surface area contributed by atoms with Crippen LogP contribution in [0.25, 0.3) is 0 Å². The molecule has 9 nitrogen and oxygen atoms in total. The van der Waals surface area contributed by atoms with Crippen molar-refractivity contribution in [3.05, 3.63) is 86.6 Å². The van der Waals surface area contributed by atoms with E-state index in [0.717, 1.165) is 52.9 Å². The van der Waals surface area contributed by atoms with Crippen LogP contribution in [0.15, 0.2) is 65.6 Å². The first-order valence-corrected chi connectivity index (χ1v) is 14.4. The number of anilines is 1. The lowest BCUT2D eigenvalue weighted by Crippen LogP contribution is -2.48. The Labute approximate surface area is 229 Å². The fourth-order valence-corrected chi connectivity index (χ4v) is 5.50. The molecule has 0 radical (unpaired) electrons. The van der Waals surface area contributed by atoms with Gasteiger partial charge in [-0.1, -0.05) is 18.2 Å². The van der Waals surface area contributed by atoms with Gasteiger partial charge in [0, 0.05) is 27.9 Å². The molecule has 1 aliphatic heterocycles. The lowest BCUT2D eigenvalue weighted by Gasteiger charge is -2.17. The molecule has 2 aromatic carbocycles. The first-order valence-electron chi connectivity index (χ1n) is 11.8. The van der Waals surface area contributed by atoms with Crippen molar-refractivity contribution < 1.29 is 23.1 Å². The van der Waals surface area contributed by atoms with E-state index in [0.29, 0.717) is 5.56 Å². The van der Waals surface area contributed by atoms with Crippen LogP contribution in [0.2, 0.25) is 0 Å². The number of halogens is 1. The molecule has 0 saturated heterocycles. The van der Waals surface area contributed by atoms with Crippen molar-refractivity contribution in [1.29, 1.82) is 0 Å². The first kappa shape index (κ1) is 27.0. The van der Waals surface area contributed by atoms with Crippen molar-refractivity contribution >= 4 is 50.3 Å². The molecule has 37 heavy (non-hydrogen) atoms. The molecule has 1 atom stereocenters. The number of fused-ring (bicyclic) bond motifs is 1. The second-order valence-corrected chi connectivity index (χ2v) is 11.7. The number of sulfonamides is 1. The molecule has 1 amide bonds. The van der Waals surface area contributed by atoms with Crippen LogP contribution in [0.5, 0.6) is 0 Å². The average Bonchev–Trinajstić information content (AvgIpc) is 2.90. The number of nitrogens with one attached hydrogen (secondary N) is 3. The number of nitrogens with zero attached hydrogens (tertiary/aromatic N) is 1. The molecular weight excluding hydrogens is 607 g/mol. The van der Waals surface area contributed by atoms with Gasteiger partial charge in [0.25, 0.3) is 5.91 Å². The van der Waals surface area contributed by atoms with Gasteiger partial charge in [-0.25, -0.2) is 13.4 Å². The number of pyridine rings is 1. The van der Waals surface area contributed by atoms with Crippen LogP contribution in [0.1, 0.15) is 33.6 Å². The maximum atomic E-state index is 12.6. The molecule has 0 bridgehead atoms. The molecule has 0 aliphatic carbocycles. The van der Waals surface area contributed by atoms with Gasteiger partial charge in [0.2, 0.25) is 10.0 Å². The van der Waals surface area contributed by atoms with Crippen LogP contribution in [-0.2, 0) is 34.1 Å². The second-order valence-electron chi connectivity index (χ2n) is 8.71. The van der Waals surface area contributed by atoms with Crippen molar-refractivity contribution in [3.8, 4) is 0 Å². The lowest BCUT2D eigenvalue weighted by atomic mass is 10.0. The zero-order chi connectivity index (χ0) is 26.4. The van der Waals surface area contributed by atoms with Crippen LogP contribution in [0.3, 0.4) is 0 Å². The molecule has 0 spiro atoms. The molecule has 11 heteroatoms. The number of aliphatic carboxylic acids is 1. The summed E-state index contributed by atoms with van der Waals surface area (Å²) in [5.74, 6) is -0.916. The Balaban J connectivity index is 1.31. The number of carbonyl (C=O) groups is 2. The average molecular weight is 634 g/mol. The summed E-state index contributed by atoms with van der Waals surface area (Å²) in [6.07, 6.45) is 3.69. The van der Waals surface area contributed by atoms with Crippen molar-refractivity contribution in [3.63, 3.8) is 0 Å². The van der Waals surface area contributed by atoms with E-state index in [1.54, 1.807) is 24.3 Å². The molecule has 1 aromatic heterocycles. The highest BCUT2D eigenvalue weighted by Gasteiger charge is 2.26. The normalized spacial score (nSPS) is 13.8. The number of aryl methyl sites for hydroxylation is 3. The SMILES string of the molecule is O=C(NCC(NS(=O)(=O)c1ccc(I)cc1)C(=O)O)c1ccc(CCc2ccc3c(n2)NCCC3)cc1. The van der Waals surface area contributed by atoms with Crippen LogP contribution < -0.4 is 15.4 Å². The zero-order valence-electron chi connectivity index (χ0n) is 19.9. The van der Waals surface area contributed by atoms with E-state index in [4.69, 9.17) is 4.98 Å². The summed E-state index contributed by atoms with van der Waals surface area (Å²) in [6, 6.07) is 15.7. The smallest absolute Gasteiger partial charge is 0.323 e. The Morgan fingerprint density at radius 3 is 2.46 bits per heavy atom. The van der Waals surface area contributed by atoms with Crippen LogP contribution in [0.4, 0.5) is 5.82 Å². The Morgan fingerprint density at radius 1 is 1.03 bits per heavy atom. The largest absolute Gasteiger partial charge is 0.480 e. The summed E-state index contributed by atoms with van der Waals surface area (Å²) < 4.78 is 28.1. The molecule has 0 saturated carbocycles. The lowest BCUT2D eigenvalue weighted by molar-refractivity contribution is -0.138. The van der Waals surface area contributed by atoms with Crippen LogP contribution in [-0.4, -0.2) is 49.5 Å². The van der Waals surface area contributed by atoms with E-state index in [-0.39, 0.29) is 4.90 Å². The minimum atomic E-state index is -4.07. The molecule has 4 N–H and O–H groups in total. The number of benzene rings is 2. The third-order valence-corrected chi connectivity index (χ3v) is 8.23. The molecule has 4 rings (SSSR count). The standard InChI is InChI=1S/C26H27IN4O5S/c27-20-9-13-22(14-10-20)37(35,36)31-23(26(33)34)16-29-25(32)19-6-3-17(4-7-19)5-11-21-12-8-18-2-1-15-28-24(18)30-21/h3-4,6-10,12-14,23,31H,1-2,5,11,15-16H2,(H,28,30)(H,29,32)(H,33,34). The number of aromatic nitrogens is 1. The zero-order valence-corrected chi connectivity index (χ0v) is 22.9. The molecular formula is C26H27IN4O5S. The highest BCUT2D eigenvalue weighted by molar-refractivity contribution is 14.1. The van der Waals surface area contributed by atoms with Gasteiger partial charge in [-0.2, -0.15) is 4.72 Å². The Morgan fingerprint density at radius 2 is 1.76 bits per heavy atom. The van der Waals surface area contributed by atoms with E-state index in [1.807, 2.05) is 34.7 Å². The number of hydrogen-bond acceptors (Lipinski definition) is 6. The van der Waals surface area contributed by atoms with E-state index in [9.17, 15) is 23.1 Å². The van der Waals surface area contributed by atoms with E-state index in [1.165, 1.54) is 17.7 Å². The fourth-order valence-electron chi connectivity index (χ4n) is 3.95. The minimum absolute atomic E-state index is 0.0528. The van der Waals surface area contributed by atoms with Gasteiger partial charge < -0.3 is 15.7 Å². The molecule has 1 aliphatic rings. The number of carboxylic acids is 1. The summed E-state index contributed by atoms with van der Waals surface area (Å²) in [6.45, 7) is 0.538. The van der Waals surface area contributed by atoms with Crippen molar-refractivity contribution in [2.24, 2.45) is 0 Å². The fraction of sp³-hybridized carbons (Fsp3) is 0.269. The van der Waals surface area contributed by atoms with E-state index in [2.05, 4.69) is 27.5 Å². The molecule has 1 unspecified atom stereocenters. The van der Waals surface area contributed by atoms with Gasteiger partial charge in [0.15, 0.2) is 0 Å². The van der Waals surface area contributed by atoms with Crippen molar-refractivity contribution in [2.45, 2.75) is 36.6 Å². The number of hydrogen-bond donors (Lipinski definition) is 4. The van der Waals surface area contributed by atoms with Gasteiger partial charge in [-0.15, -0.1) is 0 Å². The summed E-state index contributed by atoms with van der Waals surface area (Å²) in [5.41, 5.74) is 3.64. The summed E-state index contributed by atoms with van der Waals surface area (Å²) in [7, 11) is -4.07. The highest BCUT2D eigenvalue weighted by Crippen LogP contribution is 2.20. The monoisotopic (exact) mass is 634 g/mol. The quantitative estimate of drug-likeness (QED) is 0.252. The Bertz CT molecular complexity index is 1380. The first-order chi connectivity index (χ1) is 17.7. The van der Waals surface area contributed by atoms with Gasteiger partial charge in [0.1, 0.15) is 11.9 Å². The molecule has 0 fully saturated rings. The maximum absolute atomic E-state index is 12.6. The molecule has 194 valence electrons. The Hall–Kier alpha value is -3.03. The van der Waals surface area contributed by atoms with Gasteiger partial charge in [-0.3, -0.25) is 9.59 Å². The molecule has 2 heterocycles. The summed E-state index contributed by atoms with van der Waals surface area (Å²) in [5, 5.41) is 15.3. The number of carbonyl (C=O) groups excluding carboxylic acids is 1. The number of amides is 1. The number of rotatable bonds is 10. The van der Waals surface area contributed by atoms with Gasteiger partial charge >= 0.3 is 5.97 Å². The summed E-state index contributed by atoms with van der Waals surface area (Å²) in [4.78, 5) is 28.9. The molecule has 3 aromatic rings.